The van der Waals surface area contributed by atoms with Crippen LogP contribution >= 0.6 is 0 Å². The highest BCUT2D eigenvalue weighted by molar-refractivity contribution is 6.06. The molecule has 0 aliphatic carbocycles. The summed E-state index contributed by atoms with van der Waals surface area (Å²) in [6.07, 6.45) is 3.10. The first kappa shape index (κ1) is 23.2. The largest absolute Gasteiger partial charge is 0.481 e. The van der Waals surface area contributed by atoms with Crippen molar-refractivity contribution in [2.24, 2.45) is 0 Å². The van der Waals surface area contributed by atoms with Crippen molar-refractivity contribution in [3.05, 3.63) is 42.9 Å². The number of pyridine rings is 2. The Morgan fingerprint density at radius 1 is 1.33 bits per heavy atom. The number of amides is 2. The van der Waals surface area contributed by atoms with E-state index >= 15 is 0 Å². The van der Waals surface area contributed by atoms with Crippen LogP contribution in [0.5, 0.6) is 5.88 Å². The normalized spacial score (nSPS) is 17.7. The standard InChI is InChI=1S/C22H22N8O6/c1-22(33,21(32)26-12-9-14-17(25-11-12)19(23)28-36-14)18-20(31)29(7-8-35-18)15-4-6-30(27-15)13-3-5-24-16(10-13)34-2/h3-6,9-11,18,33H,7-8H2,1-2H3,(H2,23,28)(H,26,32)/t18-,22?/m0/s1. The van der Waals surface area contributed by atoms with Gasteiger partial charge in [-0.25, -0.2) is 14.6 Å². The van der Waals surface area contributed by atoms with Crippen molar-refractivity contribution in [3.63, 3.8) is 0 Å². The van der Waals surface area contributed by atoms with Crippen LogP contribution in [0, 0.1) is 0 Å². The van der Waals surface area contributed by atoms with Gasteiger partial charge in [0.25, 0.3) is 11.8 Å². The molecule has 0 saturated carbocycles. The van der Waals surface area contributed by atoms with Crippen molar-refractivity contribution in [1.29, 1.82) is 0 Å². The molecule has 1 saturated heterocycles. The van der Waals surface area contributed by atoms with Gasteiger partial charge in [-0.15, -0.1) is 5.10 Å². The number of rotatable bonds is 6. The van der Waals surface area contributed by atoms with Gasteiger partial charge in [0, 0.05) is 30.6 Å². The second kappa shape index (κ2) is 8.90. The smallest absolute Gasteiger partial charge is 0.260 e. The second-order valence-electron chi connectivity index (χ2n) is 8.16. The number of aromatic nitrogens is 5. The van der Waals surface area contributed by atoms with Crippen LogP contribution in [-0.4, -0.2) is 73.8 Å². The van der Waals surface area contributed by atoms with Crippen LogP contribution in [0.15, 0.2) is 47.4 Å². The summed E-state index contributed by atoms with van der Waals surface area (Å²) in [5, 5.41) is 21.6. The van der Waals surface area contributed by atoms with Gasteiger partial charge < -0.3 is 30.2 Å². The average Bonchev–Trinajstić information content (AvgIpc) is 3.51. The van der Waals surface area contributed by atoms with Gasteiger partial charge in [-0.3, -0.25) is 14.5 Å². The predicted octanol–water partition coefficient (Wildman–Crippen LogP) is 0.516. The molecule has 1 aliphatic rings. The summed E-state index contributed by atoms with van der Waals surface area (Å²) >= 11 is 0. The number of hydrogen-bond donors (Lipinski definition) is 3. The SMILES string of the molecule is COc1cc(-n2ccc(N3CCO[C@H](C(C)(O)C(=O)Nc4cnc5c(N)noc5c4)C3=O)n2)ccn1. The number of ether oxygens (including phenoxy) is 2. The van der Waals surface area contributed by atoms with Crippen LogP contribution in [0.1, 0.15) is 6.92 Å². The number of nitrogen functional groups attached to an aromatic ring is 1. The van der Waals surface area contributed by atoms with Crippen molar-refractivity contribution in [2.45, 2.75) is 18.6 Å². The molecule has 186 valence electrons. The van der Waals surface area contributed by atoms with Crippen molar-refractivity contribution < 1.29 is 28.7 Å². The lowest BCUT2D eigenvalue weighted by Crippen LogP contribution is -2.61. The van der Waals surface area contributed by atoms with E-state index in [1.165, 1.54) is 31.2 Å². The molecule has 2 atom stereocenters. The van der Waals surface area contributed by atoms with Crippen molar-refractivity contribution in [1.82, 2.24) is 24.9 Å². The zero-order valence-corrected chi connectivity index (χ0v) is 19.3. The molecule has 1 unspecified atom stereocenters. The highest BCUT2D eigenvalue weighted by atomic mass is 16.5. The maximum Gasteiger partial charge on any atom is 0.260 e. The number of fused-ring (bicyclic) bond motifs is 1. The topological polar surface area (TPSA) is 184 Å². The lowest BCUT2D eigenvalue weighted by Gasteiger charge is -2.37. The molecule has 5 rings (SSSR count). The van der Waals surface area contributed by atoms with Gasteiger partial charge in [-0.05, 0) is 13.0 Å². The second-order valence-corrected chi connectivity index (χ2v) is 8.16. The molecule has 14 heteroatoms. The predicted molar refractivity (Wildman–Crippen MR) is 125 cm³/mol. The summed E-state index contributed by atoms with van der Waals surface area (Å²) in [5.74, 6) is -0.629. The Morgan fingerprint density at radius 3 is 2.97 bits per heavy atom. The van der Waals surface area contributed by atoms with E-state index in [2.05, 4.69) is 25.5 Å². The molecule has 0 aromatic carbocycles. The molecule has 2 amide bonds. The Bertz CT molecular complexity index is 1450. The third-order valence-electron chi connectivity index (χ3n) is 5.70. The summed E-state index contributed by atoms with van der Waals surface area (Å²) in [6, 6.07) is 6.52. The van der Waals surface area contributed by atoms with E-state index in [0.717, 1.165) is 0 Å². The molecule has 5 heterocycles. The van der Waals surface area contributed by atoms with Crippen LogP contribution in [0.4, 0.5) is 17.3 Å². The van der Waals surface area contributed by atoms with Gasteiger partial charge in [0.15, 0.2) is 34.4 Å². The number of nitrogens with one attached hydrogen (secondary N) is 1. The van der Waals surface area contributed by atoms with E-state index in [0.29, 0.717) is 22.9 Å². The summed E-state index contributed by atoms with van der Waals surface area (Å²) in [6.45, 7) is 1.48. The quantitative estimate of drug-likeness (QED) is 0.339. The number of carbonyl (C=O) groups is 2. The van der Waals surface area contributed by atoms with Crippen LogP contribution in [0.3, 0.4) is 0 Å². The molecule has 14 nitrogen and oxygen atoms in total. The first-order valence-electron chi connectivity index (χ1n) is 10.8. The van der Waals surface area contributed by atoms with Gasteiger partial charge in [0.1, 0.15) is 0 Å². The monoisotopic (exact) mass is 494 g/mol. The molecule has 1 fully saturated rings. The molecule has 1 aliphatic heterocycles. The molecule has 0 spiro atoms. The average molecular weight is 494 g/mol. The van der Waals surface area contributed by atoms with E-state index in [9.17, 15) is 14.7 Å². The van der Waals surface area contributed by atoms with Gasteiger partial charge >= 0.3 is 0 Å². The molecular weight excluding hydrogens is 472 g/mol. The Labute approximate surface area is 203 Å². The number of nitrogens with two attached hydrogens (primary N) is 1. The third-order valence-corrected chi connectivity index (χ3v) is 5.70. The maximum atomic E-state index is 13.3. The fourth-order valence-corrected chi connectivity index (χ4v) is 3.76. The van der Waals surface area contributed by atoms with E-state index in [1.807, 2.05) is 0 Å². The van der Waals surface area contributed by atoms with Crippen LogP contribution in [-0.2, 0) is 14.3 Å². The number of anilines is 3. The summed E-state index contributed by atoms with van der Waals surface area (Å²) in [7, 11) is 1.51. The number of morpholine rings is 1. The minimum atomic E-state index is -2.22. The minimum absolute atomic E-state index is 0.0840. The van der Waals surface area contributed by atoms with Crippen molar-refractivity contribution in [2.75, 3.05) is 36.2 Å². The lowest BCUT2D eigenvalue weighted by atomic mass is 9.95. The van der Waals surface area contributed by atoms with Crippen molar-refractivity contribution in [3.8, 4) is 11.6 Å². The fraction of sp³-hybridized carbons (Fsp3) is 0.273. The van der Waals surface area contributed by atoms with Crippen LogP contribution in [0.25, 0.3) is 16.8 Å². The highest BCUT2D eigenvalue weighted by Crippen LogP contribution is 2.27. The molecular formula is C22H22N8O6. The molecule has 0 radical (unpaired) electrons. The third kappa shape index (κ3) is 4.08. The van der Waals surface area contributed by atoms with Gasteiger partial charge in [-0.2, -0.15) is 0 Å². The number of methoxy groups -OCH3 is 1. The zero-order valence-electron chi connectivity index (χ0n) is 19.3. The lowest BCUT2D eigenvalue weighted by molar-refractivity contribution is -0.165. The van der Waals surface area contributed by atoms with Crippen molar-refractivity contribution >= 4 is 40.2 Å². The molecule has 4 aromatic heterocycles. The summed E-state index contributed by atoms with van der Waals surface area (Å²) in [5.41, 5.74) is 4.92. The van der Waals surface area contributed by atoms with Crippen LogP contribution in [0.2, 0.25) is 0 Å². The Balaban J connectivity index is 1.33. The van der Waals surface area contributed by atoms with E-state index in [-0.39, 0.29) is 30.2 Å². The minimum Gasteiger partial charge on any atom is -0.481 e. The summed E-state index contributed by atoms with van der Waals surface area (Å²) < 4.78 is 17.3. The molecule has 4 aromatic rings. The Morgan fingerprint density at radius 2 is 2.17 bits per heavy atom. The van der Waals surface area contributed by atoms with Gasteiger partial charge in [-0.1, -0.05) is 5.16 Å². The highest BCUT2D eigenvalue weighted by Gasteiger charge is 2.49. The number of aliphatic hydroxyl groups is 1. The molecule has 0 bridgehead atoms. The zero-order chi connectivity index (χ0) is 25.4. The molecule has 4 N–H and O–H groups in total. The maximum absolute atomic E-state index is 13.3. The Kier molecular flexibility index (Phi) is 5.74. The van der Waals surface area contributed by atoms with E-state index in [1.54, 1.807) is 35.3 Å². The van der Waals surface area contributed by atoms with Crippen LogP contribution < -0.4 is 20.7 Å². The molecule has 36 heavy (non-hydrogen) atoms. The van der Waals surface area contributed by atoms with Gasteiger partial charge in [0.2, 0.25) is 5.88 Å². The number of carbonyl (C=O) groups excluding carboxylic acids is 2. The van der Waals surface area contributed by atoms with Gasteiger partial charge in [0.05, 0.1) is 37.8 Å². The fourth-order valence-electron chi connectivity index (χ4n) is 3.76. The first-order chi connectivity index (χ1) is 17.3. The Hall–Kier alpha value is -4.56. The first-order valence-corrected chi connectivity index (χ1v) is 10.8. The van der Waals surface area contributed by atoms with E-state index in [4.69, 9.17) is 19.7 Å². The number of hydrogen-bond acceptors (Lipinski definition) is 11. The number of nitrogens with zero attached hydrogens (tertiary/aromatic N) is 6. The summed E-state index contributed by atoms with van der Waals surface area (Å²) in [4.78, 5) is 35.8. The van der Waals surface area contributed by atoms with E-state index < -0.39 is 23.5 Å².